The summed E-state index contributed by atoms with van der Waals surface area (Å²) in [5, 5.41) is 9.55. The number of nitrogens with two attached hydrogens (primary N) is 3. The van der Waals surface area contributed by atoms with Gasteiger partial charge in [0.1, 0.15) is 5.75 Å². The first kappa shape index (κ1) is 11.5. The van der Waals surface area contributed by atoms with E-state index in [-0.39, 0.29) is 11.1 Å². The van der Waals surface area contributed by atoms with Crippen molar-refractivity contribution in [1.29, 1.82) is 0 Å². The maximum Gasteiger partial charge on any atom is 0.253 e. The van der Waals surface area contributed by atoms with Gasteiger partial charge in [-0.3, -0.25) is 14.4 Å². The van der Waals surface area contributed by atoms with E-state index in [1.807, 2.05) is 0 Å². The lowest BCUT2D eigenvalue weighted by Gasteiger charge is -2.08. The molecule has 16 heavy (non-hydrogen) atoms. The second kappa shape index (κ2) is 3.89. The minimum atomic E-state index is -1.07. The van der Waals surface area contributed by atoms with Crippen LogP contribution in [0, 0.1) is 0 Å². The molecule has 0 saturated carbocycles. The zero-order chi connectivity index (χ0) is 12.5. The van der Waals surface area contributed by atoms with E-state index >= 15 is 0 Å². The first-order valence-electron chi connectivity index (χ1n) is 4.11. The third kappa shape index (κ3) is 1.78. The first-order valence-corrected chi connectivity index (χ1v) is 4.11. The van der Waals surface area contributed by atoms with Crippen LogP contribution in [0.25, 0.3) is 0 Å². The lowest BCUT2D eigenvalue weighted by molar-refractivity contribution is 0.0962. The van der Waals surface area contributed by atoms with Crippen molar-refractivity contribution in [1.82, 2.24) is 0 Å². The molecule has 1 aromatic carbocycles. The van der Waals surface area contributed by atoms with E-state index in [9.17, 15) is 19.5 Å². The van der Waals surface area contributed by atoms with Crippen LogP contribution in [0.4, 0.5) is 0 Å². The van der Waals surface area contributed by atoms with Gasteiger partial charge in [0.25, 0.3) is 11.8 Å². The largest absolute Gasteiger partial charge is 0.506 e. The van der Waals surface area contributed by atoms with Crippen molar-refractivity contribution in [3.8, 4) is 5.75 Å². The van der Waals surface area contributed by atoms with E-state index < -0.39 is 29.0 Å². The molecule has 7 N–H and O–H groups in total. The van der Waals surface area contributed by atoms with Gasteiger partial charge in [-0.05, 0) is 12.1 Å². The van der Waals surface area contributed by atoms with Crippen molar-refractivity contribution >= 4 is 17.7 Å². The fourth-order valence-corrected chi connectivity index (χ4v) is 1.24. The molecule has 0 aliphatic heterocycles. The van der Waals surface area contributed by atoms with Gasteiger partial charge in [-0.2, -0.15) is 0 Å². The quantitative estimate of drug-likeness (QED) is 0.503. The van der Waals surface area contributed by atoms with E-state index in [0.717, 1.165) is 12.1 Å². The fourth-order valence-electron chi connectivity index (χ4n) is 1.24. The lowest BCUT2D eigenvalue weighted by Crippen LogP contribution is -2.22. The number of aromatic hydroxyl groups is 1. The molecule has 0 bridgehead atoms. The Morgan fingerprint density at radius 1 is 0.875 bits per heavy atom. The second-order valence-electron chi connectivity index (χ2n) is 2.98. The van der Waals surface area contributed by atoms with Crippen LogP contribution in [0.5, 0.6) is 5.75 Å². The SMILES string of the molecule is NC(=O)c1ccc(C(N)=O)c(C(N)=O)c1O. The van der Waals surface area contributed by atoms with Gasteiger partial charge in [-0.25, -0.2) is 0 Å². The highest BCUT2D eigenvalue weighted by Crippen LogP contribution is 2.25. The van der Waals surface area contributed by atoms with Crippen molar-refractivity contribution in [2.75, 3.05) is 0 Å². The van der Waals surface area contributed by atoms with Crippen LogP contribution in [0.1, 0.15) is 31.1 Å². The van der Waals surface area contributed by atoms with Crippen LogP contribution in [0.2, 0.25) is 0 Å². The Kier molecular flexibility index (Phi) is 2.80. The Hall–Kier alpha value is -2.57. The maximum absolute atomic E-state index is 11.0. The van der Waals surface area contributed by atoms with Gasteiger partial charge >= 0.3 is 0 Å². The summed E-state index contributed by atoms with van der Waals surface area (Å²) in [6.07, 6.45) is 0. The third-order valence-corrected chi connectivity index (χ3v) is 1.96. The Morgan fingerprint density at radius 2 is 1.31 bits per heavy atom. The van der Waals surface area contributed by atoms with Crippen LogP contribution in [-0.2, 0) is 0 Å². The first-order chi connectivity index (χ1) is 7.36. The molecular weight excluding hydrogens is 214 g/mol. The summed E-state index contributed by atoms with van der Waals surface area (Å²) < 4.78 is 0. The summed E-state index contributed by atoms with van der Waals surface area (Å²) in [5.41, 5.74) is 13.8. The van der Waals surface area contributed by atoms with Gasteiger partial charge in [0.15, 0.2) is 0 Å². The molecule has 3 amide bonds. The van der Waals surface area contributed by atoms with Gasteiger partial charge in [0, 0.05) is 0 Å². The number of phenols is 1. The summed E-state index contributed by atoms with van der Waals surface area (Å²) in [7, 11) is 0. The smallest absolute Gasteiger partial charge is 0.253 e. The highest BCUT2D eigenvalue weighted by atomic mass is 16.3. The van der Waals surface area contributed by atoms with Gasteiger partial charge in [-0.15, -0.1) is 0 Å². The highest BCUT2D eigenvalue weighted by molar-refractivity contribution is 6.10. The van der Waals surface area contributed by atoms with Crippen molar-refractivity contribution in [2.24, 2.45) is 17.2 Å². The molecule has 0 fully saturated rings. The number of amides is 3. The molecule has 0 unspecified atom stereocenters. The Bertz CT molecular complexity index is 496. The van der Waals surface area contributed by atoms with E-state index in [1.54, 1.807) is 0 Å². The average Bonchev–Trinajstić information content (AvgIpc) is 2.15. The minimum absolute atomic E-state index is 0.269. The molecule has 7 nitrogen and oxygen atoms in total. The van der Waals surface area contributed by atoms with E-state index in [0.29, 0.717) is 0 Å². The maximum atomic E-state index is 11.0. The van der Waals surface area contributed by atoms with Crippen LogP contribution >= 0.6 is 0 Å². The summed E-state index contributed by atoms with van der Waals surface area (Å²) in [5.74, 6) is -3.71. The van der Waals surface area contributed by atoms with Gasteiger partial charge in [0.2, 0.25) is 5.91 Å². The fraction of sp³-hybridized carbons (Fsp3) is 0. The number of hydrogen-bond acceptors (Lipinski definition) is 4. The van der Waals surface area contributed by atoms with E-state index in [2.05, 4.69) is 0 Å². The zero-order valence-electron chi connectivity index (χ0n) is 8.06. The van der Waals surface area contributed by atoms with Crippen LogP contribution in [-0.4, -0.2) is 22.8 Å². The third-order valence-electron chi connectivity index (χ3n) is 1.96. The number of rotatable bonds is 3. The number of primary amides is 3. The average molecular weight is 223 g/mol. The van der Waals surface area contributed by atoms with Crippen molar-refractivity contribution in [3.63, 3.8) is 0 Å². The lowest BCUT2D eigenvalue weighted by atomic mass is 10.0. The normalized spacial score (nSPS) is 9.75. The van der Waals surface area contributed by atoms with Crippen molar-refractivity contribution in [3.05, 3.63) is 28.8 Å². The minimum Gasteiger partial charge on any atom is -0.506 e. The molecule has 1 rings (SSSR count). The van der Waals surface area contributed by atoms with E-state index in [1.165, 1.54) is 0 Å². The monoisotopic (exact) mass is 223 g/mol. The molecule has 0 radical (unpaired) electrons. The van der Waals surface area contributed by atoms with Gasteiger partial charge in [0.05, 0.1) is 16.7 Å². The molecule has 0 saturated heterocycles. The molecule has 0 atom stereocenters. The molecule has 1 aromatic rings. The Labute approximate surface area is 89.8 Å². The topological polar surface area (TPSA) is 150 Å². The summed E-state index contributed by atoms with van der Waals surface area (Å²) in [4.78, 5) is 32.8. The second-order valence-corrected chi connectivity index (χ2v) is 2.98. The van der Waals surface area contributed by atoms with Crippen LogP contribution < -0.4 is 17.2 Å². The molecule has 84 valence electrons. The van der Waals surface area contributed by atoms with Gasteiger partial charge in [-0.1, -0.05) is 0 Å². The van der Waals surface area contributed by atoms with Crippen molar-refractivity contribution in [2.45, 2.75) is 0 Å². The Morgan fingerprint density at radius 3 is 1.69 bits per heavy atom. The van der Waals surface area contributed by atoms with Gasteiger partial charge < -0.3 is 22.3 Å². The van der Waals surface area contributed by atoms with E-state index in [4.69, 9.17) is 17.2 Å². The summed E-state index contributed by atoms with van der Waals surface area (Å²) >= 11 is 0. The predicted molar refractivity (Wildman–Crippen MR) is 53.7 cm³/mol. The molecule has 0 heterocycles. The van der Waals surface area contributed by atoms with Crippen LogP contribution in [0.3, 0.4) is 0 Å². The highest BCUT2D eigenvalue weighted by Gasteiger charge is 2.22. The number of carbonyl (C=O) groups excluding carboxylic acids is 3. The number of benzene rings is 1. The van der Waals surface area contributed by atoms with Crippen molar-refractivity contribution < 1.29 is 19.5 Å². The molecular formula is C9H9N3O4. The molecule has 0 spiro atoms. The predicted octanol–water partition coefficient (Wildman–Crippen LogP) is -1.31. The number of hydrogen-bond donors (Lipinski definition) is 4. The molecule has 0 aromatic heterocycles. The molecule has 0 aliphatic rings. The van der Waals surface area contributed by atoms with Crippen LogP contribution in [0.15, 0.2) is 12.1 Å². The zero-order valence-corrected chi connectivity index (χ0v) is 8.06. The molecule has 7 heteroatoms. The summed E-state index contributed by atoms with van der Waals surface area (Å²) in [6.45, 7) is 0. The number of carbonyl (C=O) groups is 3. The Balaban J connectivity index is 3.60. The standard InChI is InChI=1S/C9H9N3O4/c10-7(14)3-1-2-4(8(11)15)6(13)5(3)9(12)16/h1-2,13H,(H2,10,14)(H2,11,15)(H2,12,16). The molecule has 0 aliphatic carbocycles. The summed E-state index contributed by atoms with van der Waals surface area (Å²) in [6, 6.07) is 2.19.